The molecule has 0 bridgehead atoms. The Morgan fingerprint density at radius 2 is 2.03 bits per heavy atom. The highest BCUT2D eigenvalue weighted by Crippen LogP contribution is 2.23. The van der Waals surface area contributed by atoms with E-state index in [2.05, 4.69) is 22.4 Å². The summed E-state index contributed by atoms with van der Waals surface area (Å²) in [5, 5.41) is 12.4. The average molecular weight is 430 g/mol. The minimum absolute atomic E-state index is 0.0566. The lowest BCUT2D eigenvalue weighted by Gasteiger charge is -2.20. The molecule has 0 saturated carbocycles. The summed E-state index contributed by atoms with van der Waals surface area (Å²) in [6.07, 6.45) is 4.58. The predicted octanol–water partition coefficient (Wildman–Crippen LogP) is 3.80. The van der Waals surface area contributed by atoms with E-state index < -0.39 is 0 Å². The van der Waals surface area contributed by atoms with Crippen molar-refractivity contribution in [1.29, 1.82) is 0 Å². The lowest BCUT2D eigenvalue weighted by atomic mass is 10.1. The van der Waals surface area contributed by atoms with E-state index in [9.17, 15) is 9.59 Å². The summed E-state index contributed by atoms with van der Waals surface area (Å²) in [5.41, 5.74) is 3.10. The molecule has 162 valence electrons. The number of amides is 2. The first kappa shape index (κ1) is 22.3. The smallest absolute Gasteiger partial charge is 0.234 e. The van der Waals surface area contributed by atoms with Crippen LogP contribution in [0.3, 0.4) is 0 Å². The van der Waals surface area contributed by atoms with Crippen LogP contribution < -0.4 is 5.32 Å². The Bertz CT molecular complexity index is 896. The summed E-state index contributed by atoms with van der Waals surface area (Å²) in [7, 11) is 0. The number of aromatic nitrogens is 3. The number of rotatable bonds is 8. The van der Waals surface area contributed by atoms with E-state index in [0.717, 1.165) is 54.9 Å². The van der Waals surface area contributed by atoms with E-state index in [1.807, 2.05) is 41.5 Å². The molecule has 2 amide bonds. The van der Waals surface area contributed by atoms with Gasteiger partial charge in [0.1, 0.15) is 0 Å². The topological polar surface area (TPSA) is 80.1 Å². The zero-order valence-corrected chi connectivity index (χ0v) is 18.9. The number of carbonyl (C=O) groups excluding carboxylic acids is 2. The van der Waals surface area contributed by atoms with Crippen molar-refractivity contribution in [2.24, 2.45) is 0 Å². The molecule has 30 heavy (non-hydrogen) atoms. The third kappa shape index (κ3) is 5.41. The minimum Gasteiger partial charge on any atom is -0.335 e. The Morgan fingerprint density at radius 1 is 1.20 bits per heavy atom. The lowest BCUT2D eigenvalue weighted by Crippen LogP contribution is -2.31. The Labute approximate surface area is 182 Å². The molecule has 3 rings (SSSR count). The maximum Gasteiger partial charge on any atom is 0.234 e. The fourth-order valence-electron chi connectivity index (χ4n) is 3.74. The molecule has 0 spiro atoms. The van der Waals surface area contributed by atoms with Crippen LogP contribution in [0.1, 0.15) is 56.5 Å². The number of aryl methyl sites for hydroxylation is 2. The van der Waals surface area contributed by atoms with Gasteiger partial charge in [-0.25, -0.2) is 0 Å². The molecule has 0 unspecified atom stereocenters. The first-order chi connectivity index (χ1) is 14.5. The highest BCUT2D eigenvalue weighted by atomic mass is 32.2. The molecule has 0 atom stereocenters. The van der Waals surface area contributed by atoms with E-state index in [1.165, 1.54) is 11.8 Å². The van der Waals surface area contributed by atoms with Crippen molar-refractivity contribution in [3.8, 4) is 0 Å². The molecular formula is C22H31N5O2S. The molecule has 2 heterocycles. The summed E-state index contributed by atoms with van der Waals surface area (Å²) in [4.78, 5) is 26.8. The van der Waals surface area contributed by atoms with Crippen LogP contribution in [-0.2, 0) is 29.1 Å². The van der Waals surface area contributed by atoms with Gasteiger partial charge in [0.2, 0.25) is 11.8 Å². The van der Waals surface area contributed by atoms with Crippen LogP contribution in [0.2, 0.25) is 0 Å². The summed E-state index contributed by atoms with van der Waals surface area (Å²) in [6, 6.07) is 6.06. The number of nitrogens with one attached hydrogen (secondary N) is 1. The fraction of sp³-hybridized carbons (Fsp3) is 0.545. The molecule has 7 nitrogen and oxygen atoms in total. The van der Waals surface area contributed by atoms with Gasteiger partial charge in [0.25, 0.3) is 0 Å². The maximum absolute atomic E-state index is 12.6. The SMILES string of the molecule is CCc1cccc(C)c1NC(=O)CSc1nnc(CN2CCCCCC2=O)n1CC. The van der Waals surface area contributed by atoms with Crippen molar-refractivity contribution < 1.29 is 9.59 Å². The number of benzene rings is 1. The number of anilines is 1. The van der Waals surface area contributed by atoms with E-state index in [4.69, 9.17) is 0 Å². The monoisotopic (exact) mass is 429 g/mol. The molecular weight excluding hydrogens is 398 g/mol. The summed E-state index contributed by atoms with van der Waals surface area (Å²) >= 11 is 1.38. The van der Waals surface area contributed by atoms with Crippen molar-refractivity contribution >= 4 is 29.3 Å². The van der Waals surface area contributed by atoms with Gasteiger partial charge in [-0.3, -0.25) is 9.59 Å². The normalized spacial score (nSPS) is 14.6. The van der Waals surface area contributed by atoms with E-state index in [1.54, 1.807) is 0 Å². The lowest BCUT2D eigenvalue weighted by molar-refractivity contribution is -0.131. The molecule has 1 N–H and O–H groups in total. The van der Waals surface area contributed by atoms with Crippen molar-refractivity contribution in [3.05, 3.63) is 35.2 Å². The molecule has 1 aliphatic rings. The number of carbonyl (C=O) groups is 2. The van der Waals surface area contributed by atoms with Gasteiger partial charge in [-0.2, -0.15) is 0 Å². The van der Waals surface area contributed by atoms with Crippen molar-refractivity contribution in [1.82, 2.24) is 19.7 Å². The van der Waals surface area contributed by atoms with Gasteiger partial charge in [-0.1, -0.05) is 43.3 Å². The molecule has 8 heteroatoms. The molecule has 2 aromatic rings. The maximum atomic E-state index is 12.6. The Kier molecular flexibility index (Phi) is 7.90. The van der Waals surface area contributed by atoms with Gasteiger partial charge in [-0.15, -0.1) is 10.2 Å². The Morgan fingerprint density at radius 3 is 2.80 bits per heavy atom. The number of likely N-dealkylation sites (tertiary alicyclic amines) is 1. The number of nitrogens with zero attached hydrogens (tertiary/aromatic N) is 4. The van der Waals surface area contributed by atoms with Crippen LogP contribution >= 0.6 is 11.8 Å². The molecule has 1 aromatic carbocycles. The van der Waals surface area contributed by atoms with Gasteiger partial charge in [0.05, 0.1) is 12.3 Å². The van der Waals surface area contributed by atoms with Gasteiger partial charge < -0.3 is 14.8 Å². The fourth-order valence-corrected chi connectivity index (χ4v) is 4.57. The van der Waals surface area contributed by atoms with Crippen LogP contribution in [0, 0.1) is 6.92 Å². The number of para-hydroxylation sites is 1. The van der Waals surface area contributed by atoms with Crippen molar-refractivity contribution in [3.63, 3.8) is 0 Å². The van der Waals surface area contributed by atoms with Crippen molar-refractivity contribution in [2.45, 2.75) is 71.1 Å². The van der Waals surface area contributed by atoms with Crippen LogP contribution in [0.5, 0.6) is 0 Å². The average Bonchev–Trinajstić information content (AvgIpc) is 3.01. The first-order valence-corrected chi connectivity index (χ1v) is 11.7. The van der Waals surface area contributed by atoms with Crippen LogP contribution in [0.25, 0.3) is 0 Å². The standard InChI is InChI=1S/C22H31N5O2S/c1-4-17-11-9-10-16(3)21(17)23-19(28)15-30-22-25-24-18(27(22)5-2)14-26-13-8-6-7-12-20(26)29/h9-11H,4-8,12-15H2,1-3H3,(H,23,28). The largest absolute Gasteiger partial charge is 0.335 e. The third-order valence-corrected chi connectivity index (χ3v) is 6.42. The van der Waals surface area contributed by atoms with Gasteiger partial charge >= 0.3 is 0 Å². The van der Waals surface area contributed by atoms with Crippen LogP contribution in [0.15, 0.2) is 23.4 Å². The molecule has 1 fully saturated rings. The van der Waals surface area contributed by atoms with Crippen molar-refractivity contribution in [2.75, 3.05) is 17.6 Å². The number of thioether (sulfide) groups is 1. The van der Waals surface area contributed by atoms with E-state index in [0.29, 0.717) is 24.7 Å². The Hall–Kier alpha value is -2.35. The summed E-state index contributed by atoms with van der Waals surface area (Å²) in [5.74, 6) is 1.18. The number of hydrogen-bond acceptors (Lipinski definition) is 5. The number of hydrogen-bond donors (Lipinski definition) is 1. The molecule has 1 aromatic heterocycles. The predicted molar refractivity (Wildman–Crippen MR) is 119 cm³/mol. The summed E-state index contributed by atoms with van der Waals surface area (Å²) in [6.45, 7) is 8.08. The van der Waals surface area contributed by atoms with Crippen LogP contribution in [0.4, 0.5) is 5.69 Å². The highest BCUT2D eigenvalue weighted by Gasteiger charge is 2.21. The zero-order chi connectivity index (χ0) is 21.5. The van der Waals surface area contributed by atoms with Crippen LogP contribution in [-0.4, -0.2) is 43.8 Å². The second-order valence-corrected chi connectivity index (χ2v) is 8.51. The summed E-state index contributed by atoms with van der Waals surface area (Å²) < 4.78 is 2.00. The van der Waals surface area contributed by atoms with E-state index in [-0.39, 0.29) is 17.6 Å². The highest BCUT2D eigenvalue weighted by molar-refractivity contribution is 7.99. The second kappa shape index (κ2) is 10.6. The zero-order valence-electron chi connectivity index (χ0n) is 18.1. The van der Waals surface area contributed by atoms with Gasteiger partial charge in [0, 0.05) is 25.2 Å². The van der Waals surface area contributed by atoms with Gasteiger partial charge in [0.15, 0.2) is 11.0 Å². The second-order valence-electron chi connectivity index (χ2n) is 7.57. The molecule has 0 radical (unpaired) electrons. The quantitative estimate of drug-likeness (QED) is 0.646. The molecule has 1 saturated heterocycles. The minimum atomic E-state index is -0.0566. The first-order valence-electron chi connectivity index (χ1n) is 10.7. The Balaban J connectivity index is 1.63. The molecule has 0 aliphatic carbocycles. The van der Waals surface area contributed by atoms with Gasteiger partial charge in [-0.05, 0) is 44.2 Å². The van der Waals surface area contributed by atoms with E-state index >= 15 is 0 Å². The molecule has 1 aliphatic heterocycles. The third-order valence-electron chi connectivity index (χ3n) is 5.45.